The zero-order chi connectivity index (χ0) is 15.6. The number of hydrogen-bond acceptors (Lipinski definition) is 2. The molecule has 0 saturated carbocycles. The number of halogens is 3. The molecule has 0 unspecified atom stereocenters. The van der Waals surface area contributed by atoms with E-state index >= 15 is 0 Å². The topological polar surface area (TPSA) is 26.3 Å². The minimum Gasteiger partial charge on any atom is -0.492 e. The first-order chi connectivity index (χ1) is 9.93. The van der Waals surface area contributed by atoms with Gasteiger partial charge in [0.15, 0.2) is 5.78 Å². The summed E-state index contributed by atoms with van der Waals surface area (Å²) in [6.07, 6.45) is 0. The Morgan fingerprint density at radius 3 is 2.48 bits per heavy atom. The van der Waals surface area contributed by atoms with Crippen LogP contribution in [0.4, 0.5) is 4.39 Å². The van der Waals surface area contributed by atoms with Crippen molar-refractivity contribution in [1.82, 2.24) is 0 Å². The molecular weight excluding hydrogens is 314 g/mol. The Morgan fingerprint density at radius 2 is 1.86 bits per heavy atom. The van der Waals surface area contributed by atoms with Gasteiger partial charge in [-0.1, -0.05) is 23.2 Å². The predicted molar refractivity (Wildman–Crippen MR) is 83.0 cm³/mol. The van der Waals surface area contributed by atoms with E-state index in [2.05, 4.69) is 0 Å². The van der Waals surface area contributed by atoms with Crippen molar-refractivity contribution >= 4 is 29.0 Å². The fraction of sp³-hybridized carbons (Fsp3) is 0.188. The zero-order valence-corrected chi connectivity index (χ0v) is 13.1. The van der Waals surface area contributed by atoms with Gasteiger partial charge in [0.25, 0.3) is 0 Å². The third-order valence-electron chi connectivity index (χ3n) is 2.97. The molecule has 2 rings (SSSR count). The molecular formula is C16H13Cl2FO2. The van der Waals surface area contributed by atoms with Crippen molar-refractivity contribution in [3.63, 3.8) is 0 Å². The number of benzene rings is 2. The summed E-state index contributed by atoms with van der Waals surface area (Å²) in [7, 11) is 0. The van der Waals surface area contributed by atoms with Gasteiger partial charge in [0, 0.05) is 17.2 Å². The van der Waals surface area contributed by atoms with Gasteiger partial charge in [-0.2, -0.15) is 0 Å². The van der Waals surface area contributed by atoms with Gasteiger partial charge in [0.1, 0.15) is 11.6 Å². The first-order valence-corrected chi connectivity index (χ1v) is 7.12. The van der Waals surface area contributed by atoms with Crippen LogP contribution >= 0.6 is 23.2 Å². The maximum atomic E-state index is 13.5. The molecule has 0 N–H and O–H groups in total. The fourth-order valence-corrected chi connectivity index (χ4v) is 2.52. The van der Waals surface area contributed by atoms with Crippen molar-refractivity contribution < 1.29 is 13.9 Å². The minimum atomic E-state index is -0.448. The molecule has 0 amide bonds. The standard InChI is InChI=1S/C16H13Cl2FO2/c1-3-21-16-8-14(17)13(7-15(16)18)12-6-10(19)4-5-11(12)9(2)20/h4-8H,3H2,1-2H3. The lowest BCUT2D eigenvalue weighted by atomic mass is 9.97. The predicted octanol–water partition coefficient (Wildman–Crippen LogP) is 5.40. The molecule has 0 atom stereocenters. The highest BCUT2D eigenvalue weighted by atomic mass is 35.5. The van der Waals surface area contributed by atoms with Crippen LogP contribution in [-0.4, -0.2) is 12.4 Å². The fourth-order valence-electron chi connectivity index (χ4n) is 2.05. The van der Waals surface area contributed by atoms with Gasteiger partial charge >= 0.3 is 0 Å². The summed E-state index contributed by atoms with van der Waals surface area (Å²) in [4.78, 5) is 11.7. The Labute approximate surface area is 132 Å². The lowest BCUT2D eigenvalue weighted by Crippen LogP contribution is -1.98. The highest BCUT2D eigenvalue weighted by molar-refractivity contribution is 6.36. The second-order valence-corrected chi connectivity index (χ2v) is 5.26. The maximum absolute atomic E-state index is 13.5. The van der Waals surface area contributed by atoms with Gasteiger partial charge in [-0.3, -0.25) is 4.79 Å². The number of hydrogen-bond donors (Lipinski definition) is 0. The van der Waals surface area contributed by atoms with Crippen LogP contribution in [-0.2, 0) is 0 Å². The Balaban J connectivity index is 2.64. The highest BCUT2D eigenvalue weighted by Gasteiger charge is 2.16. The van der Waals surface area contributed by atoms with E-state index in [0.717, 1.165) is 0 Å². The summed E-state index contributed by atoms with van der Waals surface area (Å²) in [6, 6.07) is 7.10. The van der Waals surface area contributed by atoms with E-state index in [1.54, 1.807) is 12.1 Å². The molecule has 0 aliphatic rings. The van der Waals surface area contributed by atoms with Crippen LogP contribution < -0.4 is 4.74 Å². The number of carbonyl (C=O) groups is 1. The lowest BCUT2D eigenvalue weighted by molar-refractivity contribution is 0.101. The SMILES string of the molecule is CCOc1cc(Cl)c(-c2cc(F)ccc2C(C)=O)cc1Cl. The van der Waals surface area contributed by atoms with Crippen LogP contribution in [0.1, 0.15) is 24.2 Å². The average molecular weight is 327 g/mol. The second-order valence-electron chi connectivity index (χ2n) is 4.44. The van der Waals surface area contributed by atoms with Gasteiger partial charge in [0.2, 0.25) is 0 Å². The summed E-state index contributed by atoms with van der Waals surface area (Å²) in [5.74, 6) is -0.171. The smallest absolute Gasteiger partial charge is 0.160 e. The van der Waals surface area contributed by atoms with E-state index in [0.29, 0.717) is 39.1 Å². The Bertz CT molecular complexity index is 699. The highest BCUT2D eigenvalue weighted by Crippen LogP contribution is 2.38. The second kappa shape index (κ2) is 6.46. The van der Waals surface area contributed by atoms with Crippen molar-refractivity contribution in [3.05, 3.63) is 51.8 Å². The van der Waals surface area contributed by atoms with Gasteiger partial charge in [-0.25, -0.2) is 4.39 Å². The van der Waals surface area contributed by atoms with Gasteiger partial charge in [-0.05, 0) is 43.7 Å². The van der Waals surface area contributed by atoms with Crippen LogP contribution in [0.25, 0.3) is 11.1 Å². The van der Waals surface area contributed by atoms with Crippen LogP contribution in [0.5, 0.6) is 5.75 Å². The van der Waals surface area contributed by atoms with E-state index in [4.69, 9.17) is 27.9 Å². The molecule has 5 heteroatoms. The molecule has 0 aromatic heterocycles. The monoisotopic (exact) mass is 326 g/mol. The van der Waals surface area contributed by atoms with Gasteiger partial charge in [0.05, 0.1) is 16.7 Å². The number of ketones is 1. The van der Waals surface area contributed by atoms with Gasteiger partial charge in [-0.15, -0.1) is 0 Å². The first-order valence-electron chi connectivity index (χ1n) is 6.36. The maximum Gasteiger partial charge on any atom is 0.160 e. The van der Waals surface area contributed by atoms with E-state index in [-0.39, 0.29) is 5.78 Å². The number of rotatable bonds is 4. The molecule has 0 aliphatic carbocycles. The largest absolute Gasteiger partial charge is 0.492 e. The molecule has 21 heavy (non-hydrogen) atoms. The van der Waals surface area contributed by atoms with Crippen LogP contribution in [0.15, 0.2) is 30.3 Å². The normalized spacial score (nSPS) is 10.5. The number of carbonyl (C=O) groups excluding carboxylic acids is 1. The summed E-state index contributed by atoms with van der Waals surface area (Å²) >= 11 is 12.4. The van der Waals surface area contributed by atoms with E-state index in [9.17, 15) is 9.18 Å². The number of ether oxygens (including phenoxy) is 1. The molecule has 110 valence electrons. The molecule has 0 aliphatic heterocycles. The molecule has 0 bridgehead atoms. The summed E-state index contributed by atoms with van der Waals surface area (Å²) in [6.45, 7) is 3.70. The van der Waals surface area contributed by atoms with E-state index in [1.807, 2.05) is 6.92 Å². The Hall–Kier alpha value is -1.58. The molecule has 0 fully saturated rings. The van der Waals surface area contributed by atoms with Crippen LogP contribution in [0, 0.1) is 5.82 Å². The minimum absolute atomic E-state index is 0.175. The van der Waals surface area contributed by atoms with Crippen molar-refractivity contribution in [1.29, 1.82) is 0 Å². The van der Waals surface area contributed by atoms with E-state index in [1.165, 1.54) is 25.1 Å². The molecule has 0 heterocycles. The van der Waals surface area contributed by atoms with E-state index < -0.39 is 5.82 Å². The van der Waals surface area contributed by atoms with Crippen molar-refractivity contribution in [2.45, 2.75) is 13.8 Å². The van der Waals surface area contributed by atoms with Crippen molar-refractivity contribution in [3.8, 4) is 16.9 Å². The average Bonchev–Trinajstić information content (AvgIpc) is 2.42. The molecule has 0 saturated heterocycles. The Kier molecular flexibility index (Phi) is 4.86. The third kappa shape index (κ3) is 3.36. The summed E-state index contributed by atoms with van der Waals surface area (Å²) in [5.41, 5.74) is 1.30. The van der Waals surface area contributed by atoms with Crippen molar-refractivity contribution in [2.75, 3.05) is 6.61 Å². The molecule has 2 nitrogen and oxygen atoms in total. The van der Waals surface area contributed by atoms with Gasteiger partial charge < -0.3 is 4.74 Å². The summed E-state index contributed by atoms with van der Waals surface area (Å²) in [5, 5.41) is 0.700. The zero-order valence-electron chi connectivity index (χ0n) is 11.5. The third-order valence-corrected chi connectivity index (χ3v) is 3.58. The Morgan fingerprint density at radius 1 is 1.14 bits per heavy atom. The first kappa shape index (κ1) is 15.8. The van der Waals surface area contributed by atoms with Crippen molar-refractivity contribution in [2.24, 2.45) is 0 Å². The van der Waals surface area contributed by atoms with Crippen LogP contribution in [0.2, 0.25) is 10.0 Å². The lowest BCUT2D eigenvalue weighted by Gasteiger charge is -2.13. The number of Topliss-reactive ketones (excluding diaryl/α,β-unsaturated/α-hetero) is 1. The molecule has 2 aromatic rings. The molecule has 0 spiro atoms. The summed E-state index contributed by atoms with van der Waals surface area (Å²) < 4.78 is 18.9. The molecule has 2 aromatic carbocycles. The quantitative estimate of drug-likeness (QED) is 0.703. The molecule has 0 radical (unpaired) electrons. The van der Waals surface area contributed by atoms with Crippen LogP contribution in [0.3, 0.4) is 0 Å².